The number of nitrogens with zero attached hydrogens (tertiary/aromatic N) is 1. The minimum Gasteiger partial charge on any atom is -0.380 e. The third kappa shape index (κ3) is 1.17. The summed E-state index contributed by atoms with van der Waals surface area (Å²) in [6, 6.07) is 0. The van der Waals surface area contributed by atoms with E-state index in [-0.39, 0.29) is 6.23 Å². The molecule has 11 heavy (non-hydrogen) atoms. The van der Waals surface area contributed by atoms with Crippen LogP contribution >= 0.6 is 0 Å². The minimum absolute atomic E-state index is 0.282. The molecule has 2 fully saturated rings. The maximum atomic E-state index is 9.29. The summed E-state index contributed by atoms with van der Waals surface area (Å²) in [6.45, 7) is 5.68. The lowest BCUT2D eigenvalue weighted by Crippen LogP contribution is -2.45. The largest absolute Gasteiger partial charge is 0.380 e. The Labute approximate surface area is 66.9 Å². The smallest absolute Gasteiger partial charge is 0.104 e. The van der Waals surface area contributed by atoms with Crippen LogP contribution in [0.1, 0.15) is 13.3 Å². The molecule has 0 bridgehead atoms. The summed E-state index contributed by atoms with van der Waals surface area (Å²) in [5, 5.41) is 9.29. The van der Waals surface area contributed by atoms with E-state index in [9.17, 15) is 5.11 Å². The highest BCUT2D eigenvalue weighted by atomic mass is 16.5. The predicted molar refractivity (Wildman–Crippen MR) is 41.1 cm³/mol. The minimum atomic E-state index is -0.282. The van der Waals surface area contributed by atoms with Crippen LogP contribution in [0.25, 0.3) is 0 Å². The number of aliphatic hydroxyl groups is 1. The Morgan fingerprint density at radius 3 is 2.55 bits per heavy atom. The first kappa shape index (κ1) is 7.53. The van der Waals surface area contributed by atoms with E-state index in [1.165, 1.54) is 6.42 Å². The first-order valence-electron chi connectivity index (χ1n) is 4.22. The van der Waals surface area contributed by atoms with Crippen molar-refractivity contribution in [3.8, 4) is 0 Å². The Hall–Kier alpha value is -0.120. The summed E-state index contributed by atoms with van der Waals surface area (Å²) in [5.41, 5.74) is 0.414. The van der Waals surface area contributed by atoms with Gasteiger partial charge in [0.1, 0.15) is 6.23 Å². The van der Waals surface area contributed by atoms with Crippen molar-refractivity contribution in [3.63, 3.8) is 0 Å². The van der Waals surface area contributed by atoms with E-state index < -0.39 is 0 Å². The molecule has 0 radical (unpaired) electrons. The van der Waals surface area contributed by atoms with Gasteiger partial charge in [-0.15, -0.1) is 0 Å². The zero-order valence-corrected chi connectivity index (χ0v) is 6.92. The molecule has 0 aliphatic carbocycles. The summed E-state index contributed by atoms with van der Waals surface area (Å²) in [5.74, 6) is 0. The third-order valence-corrected chi connectivity index (χ3v) is 2.81. The Balaban J connectivity index is 1.93. The van der Waals surface area contributed by atoms with Gasteiger partial charge in [0.25, 0.3) is 0 Å². The molecular weight excluding hydrogens is 142 g/mol. The molecule has 0 aromatic rings. The van der Waals surface area contributed by atoms with Crippen LogP contribution in [0.15, 0.2) is 0 Å². The first-order chi connectivity index (χ1) is 5.22. The lowest BCUT2D eigenvalue weighted by Gasteiger charge is -2.38. The Morgan fingerprint density at radius 2 is 2.27 bits per heavy atom. The van der Waals surface area contributed by atoms with Gasteiger partial charge in [0.05, 0.1) is 13.2 Å². The van der Waals surface area contributed by atoms with Crippen LogP contribution in [0.2, 0.25) is 0 Å². The SMILES string of the molecule is CC(O)N1CCC2(COC2)C1. The fourth-order valence-corrected chi connectivity index (χ4v) is 1.92. The highest BCUT2D eigenvalue weighted by molar-refractivity contribution is 4.94. The summed E-state index contributed by atoms with van der Waals surface area (Å²) in [6.07, 6.45) is 0.910. The maximum absolute atomic E-state index is 9.29. The van der Waals surface area contributed by atoms with Crippen molar-refractivity contribution in [2.24, 2.45) is 5.41 Å². The van der Waals surface area contributed by atoms with Crippen molar-refractivity contribution in [1.82, 2.24) is 4.90 Å². The number of aliphatic hydroxyl groups excluding tert-OH is 1. The van der Waals surface area contributed by atoms with Gasteiger partial charge in [-0.2, -0.15) is 0 Å². The van der Waals surface area contributed by atoms with Crippen LogP contribution in [-0.4, -0.2) is 42.5 Å². The Morgan fingerprint density at radius 1 is 1.55 bits per heavy atom. The fourth-order valence-electron chi connectivity index (χ4n) is 1.92. The molecule has 2 rings (SSSR count). The maximum Gasteiger partial charge on any atom is 0.104 e. The summed E-state index contributed by atoms with van der Waals surface area (Å²) < 4.78 is 5.18. The second-order valence-electron chi connectivity index (χ2n) is 3.85. The number of rotatable bonds is 1. The van der Waals surface area contributed by atoms with Crippen molar-refractivity contribution in [2.45, 2.75) is 19.6 Å². The number of ether oxygens (including phenoxy) is 1. The van der Waals surface area contributed by atoms with E-state index in [0.29, 0.717) is 5.41 Å². The Bertz CT molecular complexity index is 154. The second kappa shape index (κ2) is 2.44. The average Bonchev–Trinajstić information content (AvgIpc) is 2.28. The highest BCUT2D eigenvalue weighted by Gasteiger charge is 2.45. The quantitative estimate of drug-likeness (QED) is 0.583. The first-order valence-corrected chi connectivity index (χ1v) is 4.22. The third-order valence-electron chi connectivity index (χ3n) is 2.81. The van der Waals surface area contributed by atoms with Crippen LogP contribution in [0.3, 0.4) is 0 Å². The van der Waals surface area contributed by atoms with Gasteiger partial charge in [-0.05, 0) is 13.3 Å². The second-order valence-corrected chi connectivity index (χ2v) is 3.85. The van der Waals surface area contributed by atoms with Crippen molar-refractivity contribution in [3.05, 3.63) is 0 Å². The normalized spacial score (nSPS) is 32.2. The van der Waals surface area contributed by atoms with E-state index >= 15 is 0 Å². The zero-order valence-electron chi connectivity index (χ0n) is 6.92. The van der Waals surface area contributed by atoms with Gasteiger partial charge in [-0.1, -0.05) is 0 Å². The molecule has 0 amide bonds. The molecule has 2 saturated heterocycles. The van der Waals surface area contributed by atoms with Crippen molar-refractivity contribution >= 4 is 0 Å². The van der Waals surface area contributed by atoms with E-state index in [1.807, 2.05) is 6.92 Å². The molecule has 0 aromatic carbocycles. The molecule has 1 spiro atoms. The molecule has 1 N–H and O–H groups in total. The molecule has 2 aliphatic heterocycles. The van der Waals surface area contributed by atoms with Crippen molar-refractivity contribution < 1.29 is 9.84 Å². The van der Waals surface area contributed by atoms with Crippen LogP contribution in [0.4, 0.5) is 0 Å². The predicted octanol–water partition coefficient (Wildman–Crippen LogP) is 0.0470. The average molecular weight is 157 g/mol. The summed E-state index contributed by atoms with van der Waals surface area (Å²) >= 11 is 0. The van der Waals surface area contributed by atoms with Gasteiger partial charge >= 0.3 is 0 Å². The van der Waals surface area contributed by atoms with E-state index in [4.69, 9.17) is 4.74 Å². The molecule has 2 heterocycles. The lowest BCUT2D eigenvalue weighted by molar-refractivity contribution is -0.111. The molecule has 1 unspecified atom stereocenters. The van der Waals surface area contributed by atoms with E-state index in [0.717, 1.165) is 26.3 Å². The molecule has 3 nitrogen and oxygen atoms in total. The van der Waals surface area contributed by atoms with Crippen LogP contribution < -0.4 is 0 Å². The molecule has 3 heteroatoms. The molecule has 0 saturated carbocycles. The zero-order chi connectivity index (χ0) is 7.90. The number of hydrogen-bond donors (Lipinski definition) is 1. The monoisotopic (exact) mass is 157 g/mol. The standard InChI is InChI=1S/C8H15NO2/c1-7(10)9-3-2-8(4-9)5-11-6-8/h7,10H,2-6H2,1H3. The molecular formula is C8H15NO2. The van der Waals surface area contributed by atoms with Gasteiger partial charge in [-0.25, -0.2) is 0 Å². The van der Waals surface area contributed by atoms with Gasteiger partial charge in [0.2, 0.25) is 0 Å². The Kier molecular flexibility index (Phi) is 1.67. The van der Waals surface area contributed by atoms with Crippen LogP contribution in [0, 0.1) is 5.41 Å². The molecule has 64 valence electrons. The van der Waals surface area contributed by atoms with Gasteiger partial charge in [0.15, 0.2) is 0 Å². The summed E-state index contributed by atoms with van der Waals surface area (Å²) in [4.78, 5) is 2.11. The number of likely N-dealkylation sites (tertiary alicyclic amines) is 1. The van der Waals surface area contributed by atoms with Crippen molar-refractivity contribution in [1.29, 1.82) is 0 Å². The number of hydrogen-bond acceptors (Lipinski definition) is 3. The fraction of sp³-hybridized carbons (Fsp3) is 1.00. The topological polar surface area (TPSA) is 32.7 Å². The van der Waals surface area contributed by atoms with Gasteiger partial charge in [0, 0.05) is 18.5 Å². The van der Waals surface area contributed by atoms with Gasteiger partial charge < -0.3 is 9.84 Å². The van der Waals surface area contributed by atoms with Crippen LogP contribution in [-0.2, 0) is 4.74 Å². The van der Waals surface area contributed by atoms with E-state index in [1.54, 1.807) is 0 Å². The van der Waals surface area contributed by atoms with Gasteiger partial charge in [-0.3, -0.25) is 4.90 Å². The van der Waals surface area contributed by atoms with Crippen molar-refractivity contribution in [2.75, 3.05) is 26.3 Å². The molecule has 2 aliphatic rings. The summed E-state index contributed by atoms with van der Waals surface area (Å²) in [7, 11) is 0. The molecule has 0 aromatic heterocycles. The lowest BCUT2D eigenvalue weighted by atomic mass is 9.85. The van der Waals surface area contributed by atoms with Crippen LogP contribution in [0.5, 0.6) is 0 Å². The highest BCUT2D eigenvalue weighted by Crippen LogP contribution is 2.37. The van der Waals surface area contributed by atoms with E-state index in [2.05, 4.69) is 4.90 Å². The molecule has 1 atom stereocenters.